The largest absolute Gasteiger partial charge is 0.467 e. The van der Waals surface area contributed by atoms with Gasteiger partial charge in [0, 0.05) is 17.5 Å². The molecule has 0 radical (unpaired) electrons. The van der Waals surface area contributed by atoms with Crippen molar-refractivity contribution in [2.45, 2.75) is 25.3 Å². The van der Waals surface area contributed by atoms with Gasteiger partial charge in [0.05, 0.1) is 7.11 Å². The zero-order chi connectivity index (χ0) is 13.7. The van der Waals surface area contributed by atoms with Crippen molar-refractivity contribution in [3.8, 4) is 0 Å². The van der Waals surface area contributed by atoms with Gasteiger partial charge in [-0.15, -0.1) is 11.3 Å². The van der Waals surface area contributed by atoms with E-state index in [4.69, 9.17) is 4.74 Å². The number of esters is 1. The zero-order valence-electron chi connectivity index (χ0n) is 10.9. The topological polar surface area (TPSA) is 46.6 Å². The molecule has 1 saturated heterocycles. The zero-order valence-corrected chi connectivity index (χ0v) is 11.7. The second kappa shape index (κ2) is 6.52. The molecule has 0 saturated carbocycles. The summed E-state index contributed by atoms with van der Waals surface area (Å²) < 4.78 is 4.77. The molecule has 1 aliphatic heterocycles. The summed E-state index contributed by atoms with van der Waals surface area (Å²) in [7, 11) is 1.36. The van der Waals surface area contributed by atoms with Crippen LogP contribution in [0.3, 0.4) is 0 Å². The smallest absolute Gasteiger partial charge is 0.328 e. The van der Waals surface area contributed by atoms with Crippen molar-refractivity contribution in [2.75, 3.05) is 13.7 Å². The van der Waals surface area contributed by atoms with Crippen molar-refractivity contribution < 1.29 is 14.3 Å². The van der Waals surface area contributed by atoms with Gasteiger partial charge >= 0.3 is 5.97 Å². The van der Waals surface area contributed by atoms with E-state index in [-0.39, 0.29) is 11.9 Å². The molecule has 0 aromatic carbocycles. The molecule has 4 nitrogen and oxygen atoms in total. The highest BCUT2D eigenvalue weighted by Crippen LogP contribution is 2.19. The maximum atomic E-state index is 12.2. The summed E-state index contributed by atoms with van der Waals surface area (Å²) in [6.07, 6.45) is 5.90. The van der Waals surface area contributed by atoms with Crippen LogP contribution < -0.4 is 0 Å². The van der Waals surface area contributed by atoms with Gasteiger partial charge in [-0.3, -0.25) is 4.79 Å². The second-order valence-electron chi connectivity index (χ2n) is 4.42. The minimum Gasteiger partial charge on any atom is -0.467 e. The van der Waals surface area contributed by atoms with Crippen LogP contribution in [0.15, 0.2) is 23.6 Å². The Balaban J connectivity index is 2.05. The summed E-state index contributed by atoms with van der Waals surface area (Å²) in [4.78, 5) is 26.5. The van der Waals surface area contributed by atoms with Crippen LogP contribution in [-0.4, -0.2) is 36.5 Å². The molecule has 5 heteroatoms. The van der Waals surface area contributed by atoms with Crippen molar-refractivity contribution >= 4 is 29.3 Å². The van der Waals surface area contributed by atoms with Crippen molar-refractivity contribution in [1.29, 1.82) is 0 Å². The Hall–Kier alpha value is -1.62. The molecule has 0 N–H and O–H groups in total. The van der Waals surface area contributed by atoms with Crippen molar-refractivity contribution in [3.05, 3.63) is 28.5 Å². The average Bonchev–Trinajstić information content (AvgIpc) is 2.97. The van der Waals surface area contributed by atoms with Crippen LogP contribution in [0.1, 0.15) is 24.1 Å². The first kappa shape index (κ1) is 13.8. The molecule has 1 aliphatic rings. The summed E-state index contributed by atoms with van der Waals surface area (Å²) in [6, 6.07) is 3.45. The van der Waals surface area contributed by atoms with E-state index in [9.17, 15) is 9.59 Å². The molecule has 102 valence electrons. The molecular formula is C14H17NO3S. The number of carbonyl (C=O) groups is 2. The van der Waals surface area contributed by atoms with Crippen LogP contribution in [0, 0.1) is 0 Å². The Morgan fingerprint density at radius 2 is 2.32 bits per heavy atom. The first-order valence-electron chi connectivity index (χ1n) is 6.32. The van der Waals surface area contributed by atoms with E-state index < -0.39 is 6.04 Å². The summed E-state index contributed by atoms with van der Waals surface area (Å²) in [5.41, 5.74) is 0. The highest BCUT2D eigenvalue weighted by atomic mass is 32.1. The number of carbonyl (C=O) groups excluding carboxylic acids is 2. The fourth-order valence-electron chi connectivity index (χ4n) is 2.21. The Morgan fingerprint density at radius 1 is 1.47 bits per heavy atom. The van der Waals surface area contributed by atoms with E-state index in [0.29, 0.717) is 13.0 Å². The van der Waals surface area contributed by atoms with Crippen molar-refractivity contribution in [3.63, 3.8) is 0 Å². The Morgan fingerprint density at radius 3 is 3.00 bits per heavy atom. The number of thiophene rings is 1. The number of amides is 1. The van der Waals surface area contributed by atoms with E-state index in [1.54, 1.807) is 22.3 Å². The lowest BCUT2D eigenvalue weighted by molar-refractivity contribution is -0.153. The van der Waals surface area contributed by atoms with Crippen molar-refractivity contribution in [2.24, 2.45) is 0 Å². The van der Waals surface area contributed by atoms with Gasteiger partial charge in [0.1, 0.15) is 6.04 Å². The molecule has 19 heavy (non-hydrogen) atoms. The summed E-state index contributed by atoms with van der Waals surface area (Å²) in [5.74, 6) is -0.443. The first-order chi connectivity index (χ1) is 9.22. The van der Waals surface area contributed by atoms with E-state index in [1.807, 2.05) is 17.5 Å². The third kappa shape index (κ3) is 3.44. The molecule has 1 amide bonds. The van der Waals surface area contributed by atoms with E-state index in [0.717, 1.165) is 17.7 Å². The fourth-order valence-corrected chi connectivity index (χ4v) is 2.83. The first-order valence-corrected chi connectivity index (χ1v) is 7.20. The van der Waals surface area contributed by atoms with Crippen LogP contribution in [0.4, 0.5) is 0 Å². The van der Waals surface area contributed by atoms with Gasteiger partial charge in [0.25, 0.3) is 0 Å². The maximum Gasteiger partial charge on any atom is 0.328 e. The lowest BCUT2D eigenvalue weighted by Gasteiger charge is -2.32. The second-order valence-corrected chi connectivity index (χ2v) is 5.39. The number of piperidine rings is 1. The molecule has 1 aromatic heterocycles. The van der Waals surface area contributed by atoms with E-state index >= 15 is 0 Å². The Kier molecular flexibility index (Phi) is 4.74. The number of likely N-dealkylation sites (tertiary alicyclic amines) is 1. The Bertz CT molecular complexity index is 467. The van der Waals surface area contributed by atoms with Crippen LogP contribution in [0.2, 0.25) is 0 Å². The monoisotopic (exact) mass is 279 g/mol. The molecule has 1 atom stereocenters. The highest BCUT2D eigenvalue weighted by Gasteiger charge is 2.31. The van der Waals surface area contributed by atoms with E-state index in [1.165, 1.54) is 13.2 Å². The fraction of sp³-hybridized carbons (Fsp3) is 0.429. The van der Waals surface area contributed by atoms with Gasteiger partial charge in [0.2, 0.25) is 5.91 Å². The average molecular weight is 279 g/mol. The SMILES string of the molecule is COC(=O)C1CCCCN1C(=O)/C=C/c1cccs1. The number of rotatable bonds is 3. The predicted octanol–water partition coefficient (Wildman–Crippen LogP) is 2.32. The van der Waals surface area contributed by atoms with Crippen LogP contribution in [-0.2, 0) is 14.3 Å². The summed E-state index contributed by atoms with van der Waals surface area (Å²) in [6.45, 7) is 0.618. The van der Waals surface area contributed by atoms with Gasteiger partial charge in [0.15, 0.2) is 0 Å². The standard InChI is InChI=1S/C14H17NO3S/c1-18-14(17)12-6-2-3-9-15(12)13(16)8-7-11-5-4-10-19-11/h4-5,7-8,10,12H,2-3,6,9H2,1H3/b8-7+. The van der Waals surface area contributed by atoms with Gasteiger partial charge in [-0.25, -0.2) is 4.79 Å². The third-order valence-corrected chi connectivity index (χ3v) is 4.03. The number of methoxy groups -OCH3 is 1. The molecule has 0 aliphatic carbocycles. The quantitative estimate of drug-likeness (QED) is 0.630. The van der Waals surface area contributed by atoms with Crippen molar-refractivity contribution in [1.82, 2.24) is 4.90 Å². The lowest BCUT2D eigenvalue weighted by atomic mass is 10.0. The maximum absolute atomic E-state index is 12.2. The number of hydrogen-bond acceptors (Lipinski definition) is 4. The van der Waals surface area contributed by atoms with Gasteiger partial charge < -0.3 is 9.64 Å². The van der Waals surface area contributed by atoms with E-state index in [2.05, 4.69) is 0 Å². The number of ether oxygens (including phenoxy) is 1. The minimum absolute atomic E-state index is 0.122. The molecule has 1 unspecified atom stereocenters. The molecule has 2 rings (SSSR count). The normalized spacial score (nSPS) is 19.6. The minimum atomic E-state index is -0.431. The number of hydrogen-bond donors (Lipinski definition) is 0. The van der Waals surface area contributed by atoms with Gasteiger partial charge in [-0.1, -0.05) is 6.07 Å². The highest BCUT2D eigenvalue weighted by molar-refractivity contribution is 7.10. The molecule has 0 bridgehead atoms. The third-order valence-electron chi connectivity index (χ3n) is 3.19. The van der Waals surface area contributed by atoms with Crippen LogP contribution in [0.25, 0.3) is 6.08 Å². The summed E-state index contributed by atoms with van der Waals surface area (Å²) in [5, 5.41) is 1.96. The molecular weight excluding hydrogens is 262 g/mol. The molecule has 2 heterocycles. The number of nitrogens with zero attached hydrogens (tertiary/aromatic N) is 1. The Labute approximate surface area is 116 Å². The molecule has 0 spiro atoms. The van der Waals surface area contributed by atoms with Gasteiger partial charge in [-0.05, 0) is 36.8 Å². The predicted molar refractivity (Wildman–Crippen MR) is 74.7 cm³/mol. The van der Waals surface area contributed by atoms with Crippen LogP contribution in [0.5, 0.6) is 0 Å². The lowest BCUT2D eigenvalue weighted by Crippen LogP contribution is -2.47. The summed E-state index contributed by atoms with van der Waals surface area (Å²) >= 11 is 1.57. The molecule has 1 aromatic rings. The molecule has 1 fully saturated rings. The van der Waals surface area contributed by atoms with Gasteiger partial charge in [-0.2, -0.15) is 0 Å². The van der Waals surface area contributed by atoms with Crippen LogP contribution >= 0.6 is 11.3 Å².